The van der Waals surface area contributed by atoms with Crippen molar-refractivity contribution in [2.24, 2.45) is 22.4 Å². The molecule has 0 radical (unpaired) electrons. The highest BCUT2D eigenvalue weighted by molar-refractivity contribution is 5.91. The van der Waals surface area contributed by atoms with Gasteiger partial charge in [0.15, 0.2) is 5.96 Å². The maximum absolute atomic E-state index is 7.65. The maximum atomic E-state index is 7.65. The van der Waals surface area contributed by atoms with Gasteiger partial charge in [-0.1, -0.05) is 6.42 Å². The molecule has 0 bridgehead atoms. The van der Waals surface area contributed by atoms with Crippen molar-refractivity contribution in [2.45, 2.75) is 26.2 Å². The molecule has 0 aromatic heterocycles. The molecule has 1 aliphatic rings. The first-order valence-electron chi connectivity index (χ1n) is 5.06. The number of nitrogens with two attached hydrogens (primary N) is 2. The first-order valence-corrected chi connectivity index (χ1v) is 5.06. The largest absolute Gasteiger partial charge is 0.370 e. The molecule has 0 atom stereocenters. The summed E-state index contributed by atoms with van der Waals surface area (Å²) in [6.07, 6.45) is 3.86. The van der Waals surface area contributed by atoms with Crippen LogP contribution in [0, 0.1) is 11.3 Å². The molecule has 1 rings (SSSR count). The molecule has 5 nitrogen and oxygen atoms in total. The van der Waals surface area contributed by atoms with Gasteiger partial charge in [-0.05, 0) is 25.7 Å². The molecule has 5 heteroatoms. The van der Waals surface area contributed by atoms with Gasteiger partial charge in [-0.2, -0.15) is 4.99 Å². The van der Waals surface area contributed by atoms with Gasteiger partial charge in [-0.15, -0.1) is 0 Å². The van der Waals surface area contributed by atoms with Gasteiger partial charge in [0.2, 0.25) is 5.96 Å². The van der Waals surface area contributed by atoms with E-state index in [0.717, 1.165) is 19.0 Å². The molecule has 0 aliphatic heterocycles. The summed E-state index contributed by atoms with van der Waals surface area (Å²) in [5.41, 5.74) is 10.4. The molecule has 14 heavy (non-hydrogen) atoms. The Labute approximate surface area is 84.7 Å². The Balaban J connectivity index is 2.43. The van der Waals surface area contributed by atoms with Crippen LogP contribution in [-0.2, 0) is 0 Å². The van der Waals surface area contributed by atoms with Crippen molar-refractivity contribution in [3.63, 3.8) is 0 Å². The summed E-state index contributed by atoms with van der Waals surface area (Å²) in [5, 5.41) is 7.65. The summed E-state index contributed by atoms with van der Waals surface area (Å²) < 4.78 is 0. The molecule has 0 saturated heterocycles. The number of hydrogen-bond donors (Lipinski definition) is 3. The van der Waals surface area contributed by atoms with Gasteiger partial charge in [0.25, 0.3) is 0 Å². The zero-order chi connectivity index (χ0) is 10.6. The van der Waals surface area contributed by atoms with Crippen LogP contribution in [0.25, 0.3) is 0 Å². The minimum atomic E-state index is -0.0398. The number of hydrogen-bond acceptors (Lipinski definition) is 1. The van der Waals surface area contributed by atoms with Crippen LogP contribution in [0.5, 0.6) is 0 Å². The quantitative estimate of drug-likeness (QED) is 0.449. The van der Waals surface area contributed by atoms with Crippen LogP contribution >= 0.6 is 0 Å². The third-order valence-corrected chi connectivity index (χ3v) is 2.62. The Bertz CT molecular complexity index is 227. The Kier molecular flexibility index (Phi) is 3.73. The maximum Gasteiger partial charge on any atom is 0.221 e. The first-order chi connectivity index (χ1) is 6.63. The van der Waals surface area contributed by atoms with E-state index in [1.54, 1.807) is 0 Å². The Hall–Kier alpha value is -1.26. The van der Waals surface area contributed by atoms with E-state index in [2.05, 4.69) is 4.99 Å². The smallest absolute Gasteiger partial charge is 0.221 e. The van der Waals surface area contributed by atoms with E-state index >= 15 is 0 Å². The molecule has 0 heterocycles. The lowest BCUT2D eigenvalue weighted by Gasteiger charge is -2.31. The van der Waals surface area contributed by atoms with Gasteiger partial charge in [0.05, 0.1) is 0 Å². The van der Waals surface area contributed by atoms with E-state index in [4.69, 9.17) is 16.9 Å². The normalized spacial score (nSPS) is 15.8. The van der Waals surface area contributed by atoms with Crippen molar-refractivity contribution in [1.29, 1.82) is 5.41 Å². The summed E-state index contributed by atoms with van der Waals surface area (Å²) in [4.78, 5) is 5.65. The average molecular weight is 197 g/mol. The van der Waals surface area contributed by atoms with Gasteiger partial charge in [-0.25, -0.2) is 0 Å². The number of rotatable bonds is 3. The Morgan fingerprint density at radius 2 is 2.14 bits per heavy atom. The van der Waals surface area contributed by atoms with Crippen molar-refractivity contribution < 1.29 is 0 Å². The van der Waals surface area contributed by atoms with E-state index in [1.807, 2.05) is 11.8 Å². The molecule has 0 spiro atoms. The van der Waals surface area contributed by atoms with E-state index < -0.39 is 0 Å². The van der Waals surface area contributed by atoms with Crippen molar-refractivity contribution in [1.82, 2.24) is 4.90 Å². The molecular formula is C9H19N5. The molecule has 80 valence electrons. The highest BCUT2D eigenvalue weighted by Gasteiger charge is 2.21. The minimum absolute atomic E-state index is 0.0398. The second-order valence-electron chi connectivity index (χ2n) is 3.70. The van der Waals surface area contributed by atoms with Gasteiger partial charge in [0, 0.05) is 13.1 Å². The molecule has 0 aromatic rings. The third kappa shape index (κ3) is 2.90. The number of nitrogens with zero attached hydrogens (tertiary/aromatic N) is 2. The lowest BCUT2D eigenvalue weighted by molar-refractivity contribution is 0.242. The van der Waals surface area contributed by atoms with Crippen LogP contribution in [0.15, 0.2) is 4.99 Å². The van der Waals surface area contributed by atoms with Crippen LogP contribution in [0.2, 0.25) is 0 Å². The zero-order valence-electron chi connectivity index (χ0n) is 8.66. The van der Waals surface area contributed by atoms with Crippen LogP contribution in [0.4, 0.5) is 0 Å². The molecule has 0 amide bonds. The molecule has 0 unspecified atom stereocenters. The number of guanidine groups is 2. The molecular weight excluding hydrogens is 178 g/mol. The Morgan fingerprint density at radius 3 is 2.50 bits per heavy atom. The fourth-order valence-corrected chi connectivity index (χ4v) is 1.55. The van der Waals surface area contributed by atoms with Crippen molar-refractivity contribution >= 4 is 11.9 Å². The second-order valence-corrected chi connectivity index (χ2v) is 3.70. The van der Waals surface area contributed by atoms with Gasteiger partial charge in [0.1, 0.15) is 0 Å². The van der Waals surface area contributed by atoms with Crippen molar-refractivity contribution in [3.05, 3.63) is 0 Å². The van der Waals surface area contributed by atoms with E-state index in [0.29, 0.717) is 0 Å². The minimum Gasteiger partial charge on any atom is -0.370 e. The number of nitrogens with one attached hydrogen (secondary N) is 1. The summed E-state index contributed by atoms with van der Waals surface area (Å²) in [6.45, 7) is 3.70. The molecule has 0 aromatic carbocycles. The summed E-state index contributed by atoms with van der Waals surface area (Å²) >= 11 is 0. The second kappa shape index (κ2) is 4.83. The number of aliphatic imine (C=N–C) groups is 1. The fraction of sp³-hybridized carbons (Fsp3) is 0.778. The fourth-order valence-electron chi connectivity index (χ4n) is 1.55. The van der Waals surface area contributed by atoms with Crippen LogP contribution in [0.1, 0.15) is 26.2 Å². The third-order valence-electron chi connectivity index (χ3n) is 2.62. The van der Waals surface area contributed by atoms with Crippen molar-refractivity contribution in [3.8, 4) is 0 Å². The van der Waals surface area contributed by atoms with E-state index in [-0.39, 0.29) is 11.9 Å². The summed E-state index contributed by atoms with van der Waals surface area (Å²) in [5.74, 6) is 0.867. The summed E-state index contributed by atoms with van der Waals surface area (Å²) in [6, 6.07) is 0. The molecule has 1 saturated carbocycles. The standard InChI is InChI=1S/C9H19N5/c1-2-14(6-7-4-3-5-7)9(12)13-8(10)11/h7H,2-6H2,1H3,(H5,10,11,12,13). The topological polar surface area (TPSA) is 91.5 Å². The van der Waals surface area contributed by atoms with E-state index in [9.17, 15) is 0 Å². The SMILES string of the molecule is CCN(CC1CCC1)C(=N)N=C(N)N. The average Bonchev–Trinajstić information content (AvgIpc) is 2.01. The summed E-state index contributed by atoms with van der Waals surface area (Å²) in [7, 11) is 0. The van der Waals surface area contributed by atoms with Gasteiger partial charge < -0.3 is 16.4 Å². The predicted molar refractivity (Wildman–Crippen MR) is 58.1 cm³/mol. The monoisotopic (exact) mass is 197 g/mol. The van der Waals surface area contributed by atoms with Gasteiger partial charge >= 0.3 is 0 Å². The predicted octanol–water partition coefficient (Wildman–Crippen LogP) is 0.317. The van der Waals surface area contributed by atoms with Crippen LogP contribution < -0.4 is 11.5 Å². The Morgan fingerprint density at radius 1 is 1.50 bits per heavy atom. The van der Waals surface area contributed by atoms with Crippen LogP contribution in [0.3, 0.4) is 0 Å². The molecule has 1 aliphatic carbocycles. The van der Waals surface area contributed by atoms with Crippen molar-refractivity contribution in [2.75, 3.05) is 13.1 Å². The highest BCUT2D eigenvalue weighted by Crippen LogP contribution is 2.27. The lowest BCUT2D eigenvalue weighted by atomic mass is 9.85. The molecule has 5 N–H and O–H groups in total. The first kappa shape index (κ1) is 10.8. The lowest BCUT2D eigenvalue weighted by Crippen LogP contribution is -2.37. The highest BCUT2D eigenvalue weighted by atomic mass is 15.3. The molecule has 1 fully saturated rings. The van der Waals surface area contributed by atoms with Crippen LogP contribution in [-0.4, -0.2) is 29.9 Å². The van der Waals surface area contributed by atoms with Gasteiger partial charge in [-0.3, -0.25) is 5.41 Å². The zero-order valence-corrected chi connectivity index (χ0v) is 8.66. The van der Waals surface area contributed by atoms with E-state index in [1.165, 1.54) is 19.3 Å².